The van der Waals surface area contributed by atoms with E-state index in [2.05, 4.69) is 20.9 Å². The lowest BCUT2D eigenvalue weighted by molar-refractivity contribution is -0.120. The van der Waals surface area contributed by atoms with Crippen molar-refractivity contribution in [1.82, 2.24) is 0 Å². The van der Waals surface area contributed by atoms with Crippen molar-refractivity contribution < 1.29 is 13.2 Å². The van der Waals surface area contributed by atoms with E-state index in [1.54, 1.807) is 0 Å². The molecule has 2 atom stereocenters. The first-order chi connectivity index (χ1) is 11.2. The minimum absolute atomic E-state index is 0.0716. The van der Waals surface area contributed by atoms with E-state index in [-0.39, 0.29) is 34.6 Å². The Balaban J connectivity index is 2.04. The van der Waals surface area contributed by atoms with Crippen LogP contribution in [0.1, 0.15) is 19.4 Å². The second-order valence-corrected chi connectivity index (χ2v) is 10.7. The zero-order chi connectivity index (χ0) is 17.6. The predicted molar refractivity (Wildman–Crippen MR) is 102 cm³/mol. The molecule has 24 heavy (non-hydrogen) atoms. The molecule has 2 aliphatic heterocycles. The fourth-order valence-corrected chi connectivity index (χ4v) is 7.03. The molecule has 0 spiro atoms. The average Bonchev–Trinajstić information content (AvgIpc) is 2.93. The maximum Gasteiger partial charge on any atom is 0.250 e. The summed E-state index contributed by atoms with van der Waals surface area (Å²) < 4.78 is 25.0. The number of hydrogen-bond acceptors (Lipinski definition) is 4. The van der Waals surface area contributed by atoms with E-state index in [4.69, 9.17) is 0 Å². The number of aryl methyl sites for hydroxylation is 1. The van der Waals surface area contributed by atoms with Gasteiger partial charge in [0.15, 0.2) is 15.0 Å². The van der Waals surface area contributed by atoms with Gasteiger partial charge < -0.3 is 4.90 Å². The number of rotatable bonds is 2. The molecule has 130 valence electrons. The Kier molecular flexibility index (Phi) is 4.83. The number of thioether (sulfide) groups is 1. The van der Waals surface area contributed by atoms with Gasteiger partial charge in [0, 0.05) is 21.3 Å². The molecule has 3 rings (SSSR count). The molecule has 2 unspecified atom stereocenters. The minimum Gasteiger partial charge on any atom is -0.316 e. The van der Waals surface area contributed by atoms with Crippen molar-refractivity contribution in [2.24, 2.45) is 10.9 Å². The Morgan fingerprint density at radius 2 is 2.08 bits per heavy atom. The van der Waals surface area contributed by atoms with Gasteiger partial charge in [0.2, 0.25) is 0 Å². The molecule has 5 nitrogen and oxygen atoms in total. The average molecular weight is 431 g/mol. The van der Waals surface area contributed by atoms with Gasteiger partial charge in [-0.05, 0) is 30.7 Å². The lowest BCUT2D eigenvalue weighted by atomic mass is 10.1. The number of amides is 1. The number of aliphatic imine (C=N–C) groups is 1. The summed E-state index contributed by atoms with van der Waals surface area (Å²) >= 11 is 4.89. The molecular formula is C16H19BrN2O3S2. The smallest absolute Gasteiger partial charge is 0.250 e. The quantitative estimate of drug-likeness (QED) is 0.720. The van der Waals surface area contributed by atoms with Crippen molar-refractivity contribution in [3.63, 3.8) is 0 Å². The number of carbonyl (C=O) groups is 1. The molecule has 2 fully saturated rings. The summed E-state index contributed by atoms with van der Waals surface area (Å²) in [5, 5.41) is 0.540. The zero-order valence-corrected chi connectivity index (χ0v) is 16.9. The number of hydrogen-bond donors (Lipinski definition) is 0. The van der Waals surface area contributed by atoms with Crippen LogP contribution in [0.3, 0.4) is 0 Å². The number of benzene rings is 1. The lowest BCUT2D eigenvalue weighted by Gasteiger charge is -2.25. The van der Waals surface area contributed by atoms with Gasteiger partial charge in [0.25, 0.3) is 5.91 Å². The molecule has 1 amide bonds. The molecule has 2 aliphatic rings. The fourth-order valence-electron chi connectivity index (χ4n) is 2.87. The van der Waals surface area contributed by atoms with Crippen LogP contribution in [0.2, 0.25) is 0 Å². The molecule has 1 aromatic rings. The van der Waals surface area contributed by atoms with Gasteiger partial charge in [-0.25, -0.2) is 8.42 Å². The van der Waals surface area contributed by atoms with Crippen molar-refractivity contribution in [3.05, 3.63) is 28.2 Å². The van der Waals surface area contributed by atoms with E-state index in [0.29, 0.717) is 5.17 Å². The molecule has 0 radical (unpaired) electrons. The third-order valence-electron chi connectivity index (χ3n) is 4.19. The zero-order valence-electron chi connectivity index (χ0n) is 13.7. The first kappa shape index (κ1) is 17.9. The number of fused-ring (bicyclic) bond motifs is 1. The standard InChI is InChI=1S/C16H19BrN2O3S2/c1-9(2)15(20)18-16-19(11-4-5-12(17)10(3)6-11)13-7-24(21,22)8-14(13)23-16/h4-6,9,13-14H,7-8H2,1-3H3. The topological polar surface area (TPSA) is 66.8 Å². The van der Waals surface area contributed by atoms with Crippen molar-refractivity contribution in [2.45, 2.75) is 32.1 Å². The van der Waals surface area contributed by atoms with Crippen LogP contribution in [0.5, 0.6) is 0 Å². The Labute approximate surface area is 155 Å². The van der Waals surface area contributed by atoms with Crippen LogP contribution in [0.25, 0.3) is 0 Å². The lowest BCUT2D eigenvalue weighted by Crippen LogP contribution is -2.37. The van der Waals surface area contributed by atoms with Crippen LogP contribution < -0.4 is 4.90 Å². The minimum atomic E-state index is -3.04. The summed E-state index contributed by atoms with van der Waals surface area (Å²) in [4.78, 5) is 18.3. The number of amidine groups is 1. The second-order valence-electron chi connectivity index (χ2n) is 6.49. The van der Waals surface area contributed by atoms with Crippen molar-refractivity contribution in [2.75, 3.05) is 16.4 Å². The van der Waals surface area contributed by atoms with Gasteiger partial charge in [-0.15, -0.1) is 0 Å². The maximum absolute atomic E-state index is 12.1. The summed E-state index contributed by atoms with van der Waals surface area (Å²) in [6.45, 7) is 5.60. The van der Waals surface area contributed by atoms with Crippen LogP contribution in [0.4, 0.5) is 5.69 Å². The van der Waals surface area contributed by atoms with E-state index in [1.807, 2.05) is 43.9 Å². The molecule has 1 aromatic carbocycles. The highest BCUT2D eigenvalue weighted by Crippen LogP contribution is 2.41. The fraction of sp³-hybridized carbons (Fsp3) is 0.500. The maximum atomic E-state index is 12.1. The van der Waals surface area contributed by atoms with E-state index >= 15 is 0 Å². The Bertz CT molecular complexity index is 821. The van der Waals surface area contributed by atoms with Crippen LogP contribution in [0.15, 0.2) is 27.7 Å². The van der Waals surface area contributed by atoms with Crippen LogP contribution in [0, 0.1) is 12.8 Å². The molecule has 0 bridgehead atoms. The number of nitrogens with zero attached hydrogens (tertiary/aromatic N) is 2. The highest BCUT2D eigenvalue weighted by Gasteiger charge is 2.49. The SMILES string of the molecule is Cc1cc(N2C(=NC(=O)C(C)C)SC3CS(=O)(=O)CC32)ccc1Br. The van der Waals surface area contributed by atoms with Crippen molar-refractivity contribution in [3.8, 4) is 0 Å². The number of sulfone groups is 1. The van der Waals surface area contributed by atoms with Gasteiger partial charge in [0.05, 0.1) is 17.5 Å². The van der Waals surface area contributed by atoms with Gasteiger partial charge >= 0.3 is 0 Å². The van der Waals surface area contributed by atoms with Gasteiger partial charge in [0.1, 0.15) is 0 Å². The largest absolute Gasteiger partial charge is 0.316 e. The Hall–Kier alpha value is -0.860. The van der Waals surface area contributed by atoms with E-state index < -0.39 is 9.84 Å². The van der Waals surface area contributed by atoms with E-state index in [1.165, 1.54) is 11.8 Å². The molecule has 0 saturated carbocycles. The van der Waals surface area contributed by atoms with E-state index in [9.17, 15) is 13.2 Å². The molecule has 0 aliphatic carbocycles. The second kappa shape index (κ2) is 6.46. The molecule has 0 aromatic heterocycles. The highest BCUT2D eigenvalue weighted by molar-refractivity contribution is 9.10. The van der Waals surface area contributed by atoms with Crippen molar-refractivity contribution >= 4 is 54.3 Å². The molecular weight excluding hydrogens is 412 g/mol. The van der Waals surface area contributed by atoms with Gasteiger partial charge in [-0.3, -0.25) is 4.79 Å². The summed E-state index contributed by atoms with van der Waals surface area (Å²) in [7, 11) is -3.04. The van der Waals surface area contributed by atoms with Crippen LogP contribution >= 0.6 is 27.7 Å². The number of carbonyl (C=O) groups excluding carboxylic acids is 1. The summed E-state index contributed by atoms with van der Waals surface area (Å²) in [5.41, 5.74) is 1.93. The predicted octanol–water partition coefficient (Wildman–Crippen LogP) is 3.01. The molecule has 2 heterocycles. The number of anilines is 1. The normalized spacial score (nSPS) is 27.0. The Morgan fingerprint density at radius 3 is 2.71 bits per heavy atom. The van der Waals surface area contributed by atoms with Gasteiger partial charge in [-0.2, -0.15) is 4.99 Å². The number of halogens is 1. The molecule has 2 saturated heterocycles. The van der Waals surface area contributed by atoms with Crippen molar-refractivity contribution in [1.29, 1.82) is 0 Å². The van der Waals surface area contributed by atoms with Gasteiger partial charge in [-0.1, -0.05) is 41.5 Å². The highest BCUT2D eigenvalue weighted by atomic mass is 79.9. The summed E-state index contributed by atoms with van der Waals surface area (Å²) in [5.74, 6) is -0.118. The first-order valence-corrected chi connectivity index (χ1v) is 11.2. The summed E-state index contributed by atoms with van der Waals surface area (Å²) in [6.07, 6.45) is 0. The van der Waals surface area contributed by atoms with E-state index in [0.717, 1.165) is 15.7 Å². The monoisotopic (exact) mass is 430 g/mol. The molecule has 0 N–H and O–H groups in total. The first-order valence-electron chi connectivity index (χ1n) is 7.73. The Morgan fingerprint density at radius 1 is 1.38 bits per heavy atom. The third-order valence-corrected chi connectivity index (χ3v) is 8.29. The molecule has 8 heteroatoms. The van der Waals surface area contributed by atoms with Crippen LogP contribution in [-0.2, 0) is 14.6 Å². The third kappa shape index (κ3) is 3.41. The van der Waals surface area contributed by atoms with Crippen LogP contribution in [-0.4, -0.2) is 42.3 Å². The summed E-state index contributed by atoms with van der Waals surface area (Å²) in [6, 6.07) is 5.70.